The van der Waals surface area contributed by atoms with Gasteiger partial charge in [-0.2, -0.15) is 0 Å². The summed E-state index contributed by atoms with van der Waals surface area (Å²) in [6.07, 6.45) is 1.83. The summed E-state index contributed by atoms with van der Waals surface area (Å²) in [6.45, 7) is 3.18. The van der Waals surface area contributed by atoms with E-state index in [1.54, 1.807) is 6.29 Å². The second-order valence-corrected chi connectivity index (χ2v) is 0.394. The van der Waals surface area contributed by atoms with Crippen LogP contribution < -0.4 is 0 Å². The largest absolute Gasteiger partial charge is 0.544 e. The molecule has 0 heterocycles. The van der Waals surface area contributed by atoms with E-state index in [4.69, 9.17) is 4.79 Å². The summed E-state index contributed by atoms with van der Waals surface area (Å²) in [5.74, 6) is 0. The maximum absolute atomic E-state index is 8.99. The van der Waals surface area contributed by atoms with Crippen molar-refractivity contribution in [3.8, 4) is 0 Å². The van der Waals surface area contributed by atoms with Crippen LogP contribution in [-0.4, -0.2) is 6.29 Å². The summed E-state index contributed by atoms with van der Waals surface area (Å²) in [5, 5.41) is 0. The summed E-state index contributed by atoms with van der Waals surface area (Å²) in [6, 6.07) is 0. The normalized spacial score (nSPS) is 5.00. The molecule has 0 saturated heterocycles. The number of carbonyl (C=O) groups excluding carboxylic acids is 1. The molecule has 1 radical (unpaired) electrons. The van der Waals surface area contributed by atoms with Crippen molar-refractivity contribution in [2.24, 2.45) is 0 Å². The van der Waals surface area contributed by atoms with E-state index >= 15 is 0 Å². The molecule has 0 aliphatic rings. The molecule has 0 aliphatic carbocycles. The predicted molar refractivity (Wildman–Crippen MR) is 15.7 cm³/mol. The van der Waals surface area contributed by atoms with E-state index in [2.05, 4.69) is 6.92 Å². The Morgan fingerprint density at radius 2 is 2.00 bits per heavy atom. The van der Waals surface area contributed by atoms with Crippen molar-refractivity contribution >= 4 is 6.29 Å². The maximum Gasteiger partial charge on any atom is 0 e. The van der Waals surface area contributed by atoms with Gasteiger partial charge in [0.15, 0.2) is 0 Å². The van der Waals surface area contributed by atoms with Crippen LogP contribution in [0.1, 0.15) is 6.42 Å². The van der Waals surface area contributed by atoms with Crippen molar-refractivity contribution in [2.45, 2.75) is 6.42 Å². The van der Waals surface area contributed by atoms with Gasteiger partial charge in [-0.3, -0.25) is 12.7 Å². The zero-order valence-electron chi connectivity index (χ0n) is 2.90. The monoisotopic (exact) mass is 145 g/mol. The number of rotatable bonds is 1. The van der Waals surface area contributed by atoms with Gasteiger partial charge in [-0.05, 0) is 0 Å². The molecule has 0 saturated carbocycles. The first-order chi connectivity index (χ1) is 1.91. The van der Waals surface area contributed by atoms with Crippen molar-refractivity contribution in [1.29, 1.82) is 0 Å². The molecule has 27 valence electrons. The Morgan fingerprint density at radius 1 is 1.80 bits per heavy atom. The van der Waals surface area contributed by atoms with Crippen molar-refractivity contribution in [2.75, 3.05) is 0 Å². The van der Waals surface area contributed by atoms with Gasteiger partial charge in [-0.25, -0.2) is 0 Å². The second kappa shape index (κ2) is 8.84. The fourth-order valence-electron chi connectivity index (χ4n) is 0. The molecule has 0 aliphatic heterocycles. The summed E-state index contributed by atoms with van der Waals surface area (Å²) >= 11 is 0. The van der Waals surface area contributed by atoms with E-state index in [1.807, 2.05) is 0 Å². The maximum atomic E-state index is 8.99. The third-order valence-electron chi connectivity index (χ3n) is 0.102. The molecule has 0 rings (SSSR count). The van der Waals surface area contributed by atoms with Gasteiger partial charge in [0.2, 0.25) is 0 Å². The van der Waals surface area contributed by atoms with E-state index in [-0.39, 0.29) is 39.1 Å². The van der Waals surface area contributed by atoms with Gasteiger partial charge < -0.3 is 11.7 Å². The molecule has 0 amide bonds. The van der Waals surface area contributed by atoms with Crippen LogP contribution in [0, 0.1) is 6.92 Å². The van der Waals surface area contributed by atoms with Crippen LogP contribution in [0.15, 0.2) is 0 Å². The molecule has 0 N–H and O–H groups in total. The Morgan fingerprint density at radius 3 is 2.00 bits per heavy atom. The number of hydrogen-bond donors (Lipinski definition) is 0. The Hall–Kier alpha value is 0.774. The third kappa shape index (κ3) is 11.7. The molecule has 0 bridgehead atoms. The molecule has 0 unspecified atom stereocenters. The van der Waals surface area contributed by atoms with Crippen LogP contribution in [-0.2, 0) is 37.5 Å². The molecular weight excluding hydrogens is 141 g/mol. The molecule has 1 nitrogen and oxygen atoms in total. The topological polar surface area (TPSA) is 17.1 Å². The first-order valence-corrected chi connectivity index (χ1v) is 1.06. The van der Waals surface area contributed by atoms with Crippen molar-refractivity contribution in [3.63, 3.8) is 0 Å². The van der Waals surface area contributed by atoms with Crippen LogP contribution in [0.3, 0.4) is 0 Å². The Balaban J connectivity index is 0. The Bertz CT molecular complexity index is 20.9. The van der Waals surface area contributed by atoms with Gasteiger partial charge in [-0.1, -0.05) is 0 Å². The number of hydrogen-bond acceptors (Lipinski definition) is 1. The molecule has 0 aromatic rings. The zero-order chi connectivity index (χ0) is 3.41. The molecule has 2 heteroatoms. The van der Waals surface area contributed by atoms with Gasteiger partial charge in [0.25, 0.3) is 0 Å². The molecular formula is C3H4OY-2. The average molecular weight is 145 g/mol. The van der Waals surface area contributed by atoms with Crippen LogP contribution in [0.25, 0.3) is 0 Å². The van der Waals surface area contributed by atoms with Crippen molar-refractivity contribution < 1.29 is 37.5 Å². The molecule has 0 spiro atoms. The molecule has 0 fully saturated rings. The molecule has 5 heavy (non-hydrogen) atoms. The molecule has 0 aromatic carbocycles. The van der Waals surface area contributed by atoms with E-state index < -0.39 is 0 Å². The fourth-order valence-corrected chi connectivity index (χ4v) is 0. The van der Waals surface area contributed by atoms with Crippen LogP contribution in [0.5, 0.6) is 0 Å². The first kappa shape index (κ1) is 9.24. The average Bonchev–Trinajstić information content (AvgIpc) is 1.37. The molecule has 0 aromatic heterocycles. The third-order valence-corrected chi connectivity index (χ3v) is 0.102. The van der Waals surface area contributed by atoms with Gasteiger partial charge in [-0.15, -0.1) is 0 Å². The van der Waals surface area contributed by atoms with E-state index in [0.717, 1.165) is 0 Å². The van der Waals surface area contributed by atoms with Crippen LogP contribution in [0.2, 0.25) is 0 Å². The van der Waals surface area contributed by atoms with Gasteiger partial charge in [0, 0.05) is 32.7 Å². The van der Waals surface area contributed by atoms with E-state index in [1.165, 1.54) is 0 Å². The Kier molecular flexibility index (Phi) is 16.3. The first-order valence-electron chi connectivity index (χ1n) is 1.06. The van der Waals surface area contributed by atoms with Crippen LogP contribution in [0.4, 0.5) is 0 Å². The molecule has 0 atom stereocenters. The van der Waals surface area contributed by atoms with Crippen LogP contribution >= 0.6 is 0 Å². The van der Waals surface area contributed by atoms with E-state index in [9.17, 15) is 0 Å². The van der Waals surface area contributed by atoms with Gasteiger partial charge >= 0.3 is 0 Å². The Labute approximate surface area is 57.0 Å². The second-order valence-electron chi connectivity index (χ2n) is 0.394. The minimum atomic E-state index is 0. The van der Waals surface area contributed by atoms with Crippen molar-refractivity contribution in [1.82, 2.24) is 0 Å². The van der Waals surface area contributed by atoms with Gasteiger partial charge in [0.05, 0.1) is 0 Å². The minimum absolute atomic E-state index is 0. The SMILES string of the molecule is [CH2-]C[C-]=O.[Y]. The van der Waals surface area contributed by atoms with Crippen molar-refractivity contribution in [3.05, 3.63) is 6.92 Å². The standard InChI is InChI=1S/C3H4O.Y/c1-2-3-4;/h1-2H2;/q-2;. The summed E-state index contributed by atoms with van der Waals surface area (Å²) < 4.78 is 0. The fraction of sp³-hybridized carbons (Fsp3) is 0.333. The minimum Gasteiger partial charge on any atom is -0.544 e. The predicted octanol–water partition coefficient (Wildman–Crippen LogP) is 0.318. The quantitative estimate of drug-likeness (QED) is 0.485. The smallest absolute Gasteiger partial charge is 0 e. The zero-order valence-corrected chi connectivity index (χ0v) is 5.74. The van der Waals surface area contributed by atoms with E-state index in [0.29, 0.717) is 0 Å². The van der Waals surface area contributed by atoms with Gasteiger partial charge in [0.1, 0.15) is 0 Å². The summed E-state index contributed by atoms with van der Waals surface area (Å²) in [7, 11) is 0. The summed E-state index contributed by atoms with van der Waals surface area (Å²) in [5.41, 5.74) is 0. The summed E-state index contributed by atoms with van der Waals surface area (Å²) in [4.78, 5) is 8.99.